The SMILES string of the molecule is O=C(Nc1ccc(I)cc1)c1nn(Cc2ccccc2)c(=O)c2ccccc12. The molecule has 138 valence electrons. The second kappa shape index (κ2) is 7.93. The summed E-state index contributed by atoms with van der Waals surface area (Å²) >= 11 is 2.21. The Labute approximate surface area is 175 Å². The topological polar surface area (TPSA) is 64.0 Å². The predicted octanol–water partition coefficient (Wildman–Crippen LogP) is 4.30. The Bertz CT molecular complexity index is 1200. The van der Waals surface area contributed by atoms with Crippen LogP contribution in [0, 0.1) is 3.57 Å². The summed E-state index contributed by atoms with van der Waals surface area (Å²) in [6, 6.07) is 24.1. The van der Waals surface area contributed by atoms with E-state index < -0.39 is 0 Å². The van der Waals surface area contributed by atoms with Crippen LogP contribution in [0.3, 0.4) is 0 Å². The molecule has 1 N–H and O–H groups in total. The smallest absolute Gasteiger partial charge is 0.276 e. The third-order valence-electron chi connectivity index (χ3n) is 4.36. The molecule has 0 aliphatic heterocycles. The number of benzene rings is 3. The number of carbonyl (C=O) groups excluding carboxylic acids is 1. The van der Waals surface area contributed by atoms with Crippen LogP contribution < -0.4 is 10.9 Å². The summed E-state index contributed by atoms with van der Waals surface area (Å²) in [4.78, 5) is 25.8. The number of halogens is 1. The fourth-order valence-electron chi connectivity index (χ4n) is 2.99. The van der Waals surface area contributed by atoms with Gasteiger partial charge >= 0.3 is 0 Å². The molecule has 0 unspecified atom stereocenters. The summed E-state index contributed by atoms with van der Waals surface area (Å²) in [7, 11) is 0. The van der Waals surface area contributed by atoms with Crippen LogP contribution in [0.15, 0.2) is 83.7 Å². The van der Waals surface area contributed by atoms with Crippen molar-refractivity contribution in [1.82, 2.24) is 9.78 Å². The maximum Gasteiger partial charge on any atom is 0.276 e. The first-order chi connectivity index (χ1) is 13.6. The Morgan fingerprint density at radius 3 is 2.25 bits per heavy atom. The lowest BCUT2D eigenvalue weighted by atomic mass is 10.1. The number of nitrogens with one attached hydrogen (secondary N) is 1. The Kier molecular flexibility index (Phi) is 5.21. The molecule has 1 heterocycles. The zero-order valence-corrected chi connectivity index (χ0v) is 17.0. The van der Waals surface area contributed by atoms with Crippen LogP contribution in [0.1, 0.15) is 16.1 Å². The van der Waals surface area contributed by atoms with Gasteiger partial charge in [-0.2, -0.15) is 5.10 Å². The van der Waals surface area contributed by atoms with Crippen LogP contribution in [0.25, 0.3) is 10.8 Å². The van der Waals surface area contributed by atoms with E-state index in [0.29, 0.717) is 23.0 Å². The van der Waals surface area contributed by atoms with Gasteiger partial charge in [0, 0.05) is 14.6 Å². The van der Waals surface area contributed by atoms with E-state index in [1.54, 1.807) is 24.3 Å². The van der Waals surface area contributed by atoms with Crippen LogP contribution in [-0.2, 0) is 6.54 Å². The van der Waals surface area contributed by atoms with Crippen LogP contribution in [0.5, 0.6) is 0 Å². The number of nitrogens with zero attached hydrogens (tertiary/aromatic N) is 2. The zero-order valence-electron chi connectivity index (χ0n) is 14.8. The minimum Gasteiger partial charge on any atom is -0.321 e. The lowest BCUT2D eigenvalue weighted by molar-refractivity contribution is 0.102. The van der Waals surface area contributed by atoms with Gasteiger partial charge in [0.15, 0.2) is 5.69 Å². The first-order valence-electron chi connectivity index (χ1n) is 8.72. The standard InChI is InChI=1S/C22H16IN3O2/c23-16-10-12-17(13-11-16)24-21(27)20-18-8-4-5-9-19(18)22(28)26(25-20)14-15-6-2-1-3-7-15/h1-13H,14H2,(H,24,27). The van der Waals surface area contributed by atoms with Gasteiger partial charge < -0.3 is 5.32 Å². The Morgan fingerprint density at radius 2 is 1.54 bits per heavy atom. The van der Waals surface area contributed by atoms with Gasteiger partial charge in [-0.05, 0) is 58.5 Å². The number of hydrogen-bond donors (Lipinski definition) is 1. The van der Waals surface area contributed by atoms with Crippen molar-refractivity contribution in [2.45, 2.75) is 6.54 Å². The van der Waals surface area contributed by atoms with Crippen LogP contribution in [0.4, 0.5) is 5.69 Å². The van der Waals surface area contributed by atoms with Gasteiger partial charge in [-0.15, -0.1) is 0 Å². The molecule has 0 bridgehead atoms. The van der Waals surface area contributed by atoms with E-state index >= 15 is 0 Å². The monoisotopic (exact) mass is 481 g/mol. The molecule has 0 atom stereocenters. The second-order valence-electron chi connectivity index (χ2n) is 6.30. The lowest BCUT2D eigenvalue weighted by Crippen LogP contribution is -2.28. The Morgan fingerprint density at radius 1 is 0.893 bits per heavy atom. The van der Waals surface area contributed by atoms with Crippen molar-refractivity contribution in [2.24, 2.45) is 0 Å². The molecule has 1 amide bonds. The van der Waals surface area contributed by atoms with Crippen LogP contribution in [0.2, 0.25) is 0 Å². The highest BCUT2D eigenvalue weighted by Crippen LogP contribution is 2.17. The molecule has 28 heavy (non-hydrogen) atoms. The summed E-state index contributed by atoms with van der Waals surface area (Å²) in [5.41, 5.74) is 1.63. The molecule has 0 fully saturated rings. The summed E-state index contributed by atoms with van der Waals surface area (Å²) in [6.07, 6.45) is 0. The molecule has 0 saturated carbocycles. The maximum atomic E-state index is 12.9. The lowest BCUT2D eigenvalue weighted by Gasteiger charge is -2.11. The average Bonchev–Trinajstić information content (AvgIpc) is 2.72. The molecule has 4 aromatic rings. The Hall–Kier alpha value is -3.00. The average molecular weight is 481 g/mol. The van der Waals surface area contributed by atoms with Crippen molar-refractivity contribution < 1.29 is 4.79 Å². The fraction of sp³-hybridized carbons (Fsp3) is 0.0455. The number of hydrogen-bond acceptors (Lipinski definition) is 3. The van der Waals surface area contributed by atoms with Gasteiger partial charge in [-0.25, -0.2) is 4.68 Å². The van der Waals surface area contributed by atoms with Gasteiger partial charge in [-0.3, -0.25) is 9.59 Å². The molecule has 1 aromatic heterocycles. The highest BCUT2D eigenvalue weighted by atomic mass is 127. The summed E-state index contributed by atoms with van der Waals surface area (Å²) in [5, 5.41) is 8.28. The number of fused-ring (bicyclic) bond motifs is 1. The minimum atomic E-state index is -0.348. The first-order valence-corrected chi connectivity index (χ1v) is 9.80. The zero-order chi connectivity index (χ0) is 19.5. The van der Waals surface area contributed by atoms with Crippen molar-refractivity contribution in [2.75, 3.05) is 5.32 Å². The largest absolute Gasteiger partial charge is 0.321 e. The van der Waals surface area contributed by atoms with Gasteiger partial charge in [0.05, 0.1) is 11.9 Å². The molecule has 3 aromatic carbocycles. The van der Waals surface area contributed by atoms with Gasteiger partial charge in [0.25, 0.3) is 11.5 Å². The maximum absolute atomic E-state index is 12.9. The molecule has 0 aliphatic rings. The van der Waals surface area contributed by atoms with Crippen LogP contribution >= 0.6 is 22.6 Å². The third kappa shape index (κ3) is 3.82. The highest BCUT2D eigenvalue weighted by molar-refractivity contribution is 14.1. The van der Waals surface area contributed by atoms with Crippen molar-refractivity contribution in [1.29, 1.82) is 0 Å². The predicted molar refractivity (Wildman–Crippen MR) is 119 cm³/mol. The van der Waals surface area contributed by atoms with E-state index in [4.69, 9.17) is 0 Å². The highest BCUT2D eigenvalue weighted by Gasteiger charge is 2.17. The van der Waals surface area contributed by atoms with E-state index in [2.05, 4.69) is 33.0 Å². The van der Waals surface area contributed by atoms with Crippen molar-refractivity contribution >= 4 is 45.0 Å². The molecule has 0 spiro atoms. The molecule has 6 heteroatoms. The van der Waals surface area contributed by atoms with Crippen molar-refractivity contribution in [3.05, 3.63) is 104 Å². The van der Waals surface area contributed by atoms with E-state index in [1.165, 1.54) is 4.68 Å². The summed E-state index contributed by atoms with van der Waals surface area (Å²) in [6.45, 7) is 0.300. The quantitative estimate of drug-likeness (QED) is 0.443. The number of rotatable bonds is 4. The van der Waals surface area contributed by atoms with E-state index in [-0.39, 0.29) is 17.2 Å². The van der Waals surface area contributed by atoms with Gasteiger partial charge in [-0.1, -0.05) is 48.5 Å². The summed E-state index contributed by atoms with van der Waals surface area (Å²) in [5.74, 6) is -0.348. The van der Waals surface area contributed by atoms with E-state index in [1.807, 2.05) is 54.6 Å². The minimum absolute atomic E-state index is 0.217. The van der Waals surface area contributed by atoms with E-state index in [9.17, 15) is 9.59 Å². The molecule has 0 aliphatic carbocycles. The molecule has 0 radical (unpaired) electrons. The number of anilines is 1. The van der Waals surface area contributed by atoms with Gasteiger partial charge in [0.2, 0.25) is 0 Å². The fourth-order valence-corrected chi connectivity index (χ4v) is 3.35. The summed E-state index contributed by atoms with van der Waals surface area (Å²) < 4.78 is 2.43. The molecule has 0 saturated heterocycles. The number of carbonyl (C=O) groups is 1. The molecular weight excluding hydrogens is 465 g/mol. The molecule has 5 nitrogen and oxygen atoms in total. The van der Waals surface area contributed by atoms with Crippen molar-refractivity contribution in [3.63, 3.8) is 0 Å². The Balaban J connectivity index is 1.78. The molecular formula is C22H16IN3O2. The van der Waals surface area contributed by atoms with Crippen molar-refractivity contribution in [3.8, 4) is 0 Å². The second-order valence-corrected chi connectivity index (χ2v) is 7.55. The third-order valence-corrected chi connectivity index (χ3v) is 5.08. The normalized spacial score (nSPS) is 10.8. The number of aromatic nitrogens is 2. The van der Waals surface area contributed by atoms with E-state index in [0.717, 1.165) is 9.13 Å². The van der Waals surface area contributed by atoms with Gasteiger partial charge in [0.1, 0.15) is 0 Å². The number of amides is 1. The van der Waals surface area contributed by atoms with Crippen LogP contribution in [-0.4, -0.2) is 15.7 Å². The first kappa shape index (κ1) is 18.4. The molecule has 4 rings (SSSR count).